The number of benzene rings is 1. The first kappa shape index (κ1) is 17.4. The second-order valence-electron chi connectivity index (χ2n) is 7.00. The van der Waals surface area contributed by atoms with E-state index in [0.717, 1.165) is 12.1 Å². The first-order valence-electron chi connectivity index (χ1n) is 9.17. The standard InChI is InChI=1S/C17H25F3N4O2/c1-16(2,3)26-15(25)22-24-8-6-23(7-9-24)11-12-4-5-13(21)10-14(12)17(18,19)20/h4-5,10H,6-9,11,21H2,1-3H3,(H,22,25)/i11D2. The number of piperazine rings is 1. The van der Waals surface area contributed by atoms with Crippen LogP contribution in [0.3, 0.4) is 0 Å². The Kier molecular flexibility index (Phi) is 5.16. The molecule has 2 rings (SSSR count). The number of nitrogen functional groups attached to an aromatic ring is 1. The van der Waals surface area contributed by atoms with Gasteiger partial charge in [-0.05, 0) is 38.5 Å². The van der Waals surface area contributed by atoms with Crippen LogP contribution in [0.15, 0.2) is 18.2 Å². The fraction of sp³-hybridized carbons (Fsp3) is 0.588. The van der Waals surface area contributed by atoms with E-state index in [4.69, 9.17) is 13.2 Å². The zero-order valence-corrected chi connectivity index (χ0v) is 15.0. The number of hydrogen-bond donors (Lipinski definition) is 2. The highest BCUT2D eigenvalue weighted by molar-refractivity contribution is 5.67. The molecule has 0 spiro atoms. The van der Waals surface area contributed by atoms with Crippen molar-refractivity contribution in [2.75, 3.05) is 31.9 Å². The van der Waals surface area contributed by atoms with Gasteiger partial charge in [0.2, 0.25) is 0 Å². The van der Waals surface area contributed by atoms with Crippen molar-refractivity contribution in [2.45, 2.75) is 39.0 Å². The number of ether oxygens (including phenoxy) is 1. The molecule has 0 saturated carbocycles. The van der Waals surface area contributed by atoms with Crippen molar-refractivity contribution < 1.29 is 25.4 Å². The molecule has 0 bridgehead atoms. The van der Waals surface area contributed by atoms with Crippen molar-refractivity contribution in [2.24, 2.45) is 0 Å². The summed E-state index contributed by atoms with van der Waals surface area (Å²) in [4.78, 5) is 13.1. The SMILES string of the molecule is [2H]C([2H])(c1ccc(N)cc1C(F)(F)F)N1CCN(NC(=O)OC(C)(C)C)CC1. The van der Waals surface area contributed by atoms with Gasteiger partial charge in [-0.1, -0.05) is 6.07 Å². The highest BCUT2D eigenvalue weighted by atomic mass is 19.4. The Morgan fingerprint density at radius 2 is 1.88 bits per heavy atom. The van der Waals surface area contributed by atoms with Crippen LogP contribution in [0.25, 0.3) is 0 Å². The number of hydrogen-bond acceptors (Lipinski definition) is 5. The third-order valence-electron chi connectivity index (χ3n) is 3.56. The molecule has 6 nitrogen and oxygen atoms in total. The monoisotopic (exact) mass is 376 g/mol. The number of alkyl halides is 3. The molecule has 0 unspecified atom stereocenters. The summed E-state index contributed by atoms with van der Waals surface area (Å²) in [5.41, 5.74) is 5.70. The highest BCUT2D eigenvalue weighted by Gasteiger charge is 2.34. The lowest BCUT2D eigenvalue weighted by Crippen LogP contribution is -2.54. The van der Waals surface area contributed by atoms with Crippen LogP contribution in [0.5, 0.6) is 0 Å². The molecule has 1 aliphatic rings. The third-order valence-corrected chi connectivity index (χ3v) is 3.56. The van der Waals surface area contributed by atoms with E-state index in [2.05, 4.69) is 5.43 Å². The van der Waals surface area contributed by atoms with Crippen molar-refractivity contribution in [1.82, 2.24) is 15.3 Å². The zero-order chi connectivity index (χ0) is 21.3. The summed E-state index contributed by atoms with van der Waals surface area (Å²) >= 11 is 0. The molecule has 1 heterocycles. The van der Waals surface area contributed by atoms with Gasteiger partial charge in [-0.15, -0.1) is 0 Å². The van der Waals surface area contributed by atoms with Gasteiger partial charge in [-0.3, -0.25) is 10.3 Å². The van der Waals surface area contributed by atoms with E-state index in [0.29, 0.717) is 0 Å². The normalized spacial score (nSPS) is 18.8. The lowest BCUT2D eigenvalue weighted by molar-refractivity contribution is -0.138. The minimum atomic E-state index is -4.72. The first-order valence-corrected chi connectivity index (χ1v) is 8.17. The summed E-state index contributed by atoms with van der Waals surface area (Å²) in [5, 5.41) is 1.55. The summed E-state index contributed by atoms with van der Waals surface area (Å²) in [5.74, 6) is 0. The summed E-state index contributed by atoms with van der Waals surface area (Å²) in [6.45, 7) is 3.52. The molecule has 0 aliphatic carbocycles. The summed E-state index contributed by atoms with van der Waals surface area (Å²) in [7, 11) is 0. The summed E-state index contributed by atoms with van der Waals surface area (Å²) in [6, 6.07) is 3.07. The molecule has 1 aromatic carbocycles. The predicted octanol–water partition coefficient (Wildman–Crippen LogP) is 2.84. The van der Waals surface area contributed by atoms with Gasteiger partial charge in [0, 0.05) is 41.1 Å². The molecule has 26 heavy (non-hydrogen) atoms. The van der Waals surface area contributed by atoms with Gasteiger partial charge in [0.15, 0.2) is 0 Å². The van der Waals surface area contributed by atoms with Crippen LogP contribution in [0.2, 0.25) is 0 Å². The second-order valence-corrected chi connectivity index (χ2v) is 7.00. The smallest absolute Gasteiger partial charge is 0.422 e. The second kappa shape index (κ2) is 7.71. The fourth-order valence-electron chi connectivity index (χ4n) is 2.42. The zero-order valence-electron chi connectivity index (χ0n) is 17.0. The van der Waals surface area contributed by atoms with Crippen molar-refractivity contribution in [3.05, 3.63) is 29.3 Å². The van der Waals surface area contributed by atoms with Crippen LogP contribution in [0.4, 0.5) is 23.7 Å². The average molecular weight is 376 g/mol. The predicted molar refractivity (Wildman–Crippen MR) is 92.1 cm³/mol. The Hall–Kier alpha value is -2.00. The number of hydrazine groups is 1. The number of amides is 1. The van der Waals surface area contributed by atoms with E-state index in [-0.39, 0.29) is 31.9 Å². The molecule has 146 valence electrons. The van der Waals surface area contributed by atoms with Crippen molar-refractivity contribution in [3.8, 4) is 0 Å². The van der Waals surface area contributed by atoms with Crippen LogP contribution in [0, 0.1) is 0 Å². The molecule has 1 aliphatic heterocycles. The van der Waals surface area contributed by atoms with Gasteiger partial charge in [0.25, 0.3) is 0 Å². The van der Waals surface area contributed by atoms with Crippen molar-refractivity contribution in [3.63, 3.8) is 0 Å². The van der Waals surface area contributed by atoms with Gasteiger partial charge in [0.1, 0.15) is 5.60 Å². The highest BCUT2D eigenvalue weighted by Crippen LogP contribution is 2.34. The van der Waals surface area contributed by atoms with Crippen molar-refractivity contribution in [1.29, 1.82) is 0 Å². The van der Waals surface area contributed by atoms with Crippen LogP contribution < -0.4 is 11.2 Å². The minimum Gasteiger partial charge on any atom is -0.443 e. The lowest BCUT2D eigenvalue weighted by Gasteiger charge is -2.35. The Morgan fingerprint density at radius 1 is 1.27 bits per heavy atom. The molecule has 3 N–H and O–H groups in total. The Labute approximate surface area is 153 Å². The minimum absolute atomic E-state index is 0.0849. The van der Waals surface area contributed by atoms with Gasteiger partial charge in [-0.25, -0.2) is 9.80 Å². The Morgan fingerprint density at radius 3 is 2.42 bits per heavy atom. The number of halogens is 3. The molecular weight excluding hydrogens is 349 g/mol. The quantitative estimate of drug-likeness (QED) is 0.794. The van der Waals surface area contributed by atoms with Gasteiger partial charge >= 0.3 is 12.3 Å². The third kappa shape index (κ3) is 6.06. The average Bonchev–Trinajstić information content (AvgIpc) is 2.52. The van der Waals surface area contributed by atoms with E-state index in [1.165, 1.54) is 11.0 Å². The topological polar surface area (TPSA) is 70.8 Å². The molecule has 0 atom stereocenters. The number of carbonyl (C=O) groups is 1. The molecule has 9 heteroatoms. The number of nitrogens with two attached hydrogens (primary N) is 1. The number of nitrogens with zero attached hydrogens (tertiary/aromatic N) is 2. The summed E-state index contributed by atoms with van der Waals surface area (Å²) < 4.78 is 61.8. The number of anilines is 1. The van der Waals surface area contributed by atoms with Crippen LogP contribution >= 0.6 is 0 Å². The maximum atomic E-state index is 13.4. The number of carbonyl (C=O) groups excluding carboxylic acids is 1. The molecule has 1 fully saturated rings. The molecule has 1 amide bonds. The van der Waals surface area contributed by atoms with E-state index < -0.39 is 35.5 Å². The molecular formula is C17H25F3N4O2. The van der Waals surface area contributed by atoms with Crippen LogP contribution in [0.1, 0.15) is 34.6 Å². The fourth-order valence-corrected chi connectivity index (χ4v) is 2.42. The molecule has 0 radical (unpaired) electrons. The Balaban J connectivity index is 2.09. The maximum absolute atomic E-state index is 13.4. The van der Waals surface area contributed by atoms with E-state index in [9.17, 15) is 18.0 Å². The largest absolute Gasteiger partial charge is 0.443 e. The molecule has 1 aromatic rings. The van der Waals surface area contributed by atoms with Crippen molar-refractivity contribution >= 4 is 11.8 Å². The molecule has 0 aromatic heterocycles. The lowest BCUT2D eigenvalue weighted by atomic mass is 10.1. The molecule has 1 saturated heterocycles. The van der Waals surface area contributed by atoms with Crippen LogP contribution in [-0.4, -0.2) is 47.8 Å². The van der Waals surface area contributed by atoms with E-state index in [1.54, 1.807) is 25.8 Å². The first-order chi connectivity index (χ1) is 12.7. The number of nitrogens with one attached hydrogen (secondary N) is 1. The van der Waals surface area contributed by atoms with Gasteiger partial charge in [0.05, 0.1) is 5.56 Å². The van der Waals surface area contributed by atoms with Crippen LogP contribution in [-0.2, 0) is 17.4 Å². The van der Waals surface area contributed by atoms with E-state index >= 15 is 0 Å². The number of rotatable bonds is 3. The maximum Gasteiger partial charge on any atom is 0.422 e. The van der Waals surface area contributed by atoms with Gasteiger partial charge in [-0.2, -0.15) is 13.2 Å². The van der Waals surface area contributed by atoms with Gasteiger partial charge < -0.3 is 10.5 Å². The summed E-state index contributed by atoms with van der Waals surface area (Å²) in [6.07, 6.45) is -5.36. The van der Waals surface area contributed by atoms with E-state index in [1.807, 2.05) is 0 Å². The Bertz CT molecular complexity index is 715.